The highest BCUT2D eigenvalue weighted by molar-refractivity contribution is 6.30. The first-order chi connectivity index (χ1) is 16.5. The smallest absolute Gasteiger partial charge is 0.251 e. The number of likely N-dealkylation sites (tertiary alicyclic amines) is 1. The molecule has 1 aliphatic heterocycles. The average Bonchev–Trinajstić information content (AvgIpc) is 3.15. The van der Waals surface area contributed by atoms with Crippen molar-refractivity contribution in [1.29, 1.82) is 0 Å². The summed E-state index contributed by atoms with van der Waals surface area (Å²) in [5.74, 6) is 0.0675. The van der Waals surface area contributed by atoms with Gasteiger partial charge in [-0.1, -0.05) is 56.0 Å². The van der Waals surface area contributed by atoms with Gasteiger partial charge in [-0.25, -0.2) is 0 Å². The predicted molar refractivity (Wildman–Crippen MR) is 140 cm³/mol. The number of carbonyl (C=O) groups is 1. The fraction of sp³-hybridized carbons (Fsp3) is 0.464. The summed E-state index contributed by atoms with van der Waals surface area (Å²) in [5.41, 5.74) is 1.58. The number of fused-ring (bicyclic) bond motifs is 1. The van der Waals surface area contributed by atoms with Crippen LogP contribution >= 0.6 is 11.6 Å². The Morgan fingerprint density at radius 2 is 2.06 bits per heavy atom. The number of nitrogens with zero attached hydrogens (tertiary/aromatic N) is 2. The van der Waals surface area contributed by atoms with Gasteiger partial charge in [0.05, 0.1) is 6.54 Å². The molecule has 182 valence electrons. The Balaban J connectivity index is 1.33. The van der Waals surface area contributed by atoms with Crippen LogP contribution < -0.4 is 5.32 Å². The minimum Gasteiger partial charge on any atom is -0.494 e. The van der Waals surface area contributed by atoms with Gasteiger partial charge in [-0.15, -0.1) is 0 Å². The zero-order valence-corrected chi connectivity index (χ0v) is 20.9. The van der Waals surface area contributed by atoms with E-state index in [-0.39, 0.29) is 11.8 Å². The van der Waals surface area contributed by atoms with Crippen LogP contribution in [0.3, 0.4) is 0 Å². The van der Waals surface area contributed by atoms with Crippen molar-refractivity contribution in [3.63, 3.8) is 0 Å². The van der Waals surface area contributed by atoms with E-state index >= 15 is 0 Å². The average molecular weight is 482 g/mol. The normalized spacial score (nSPS) is 16.7. The Morgan fingerprint density at radius 1 is 1.18 bits per heavy atom. The summed E-state index contributed by atoms with van der Waals surface area (Å²) >= 11 is 6.09. The SMILES string of the molecule is CCCCC1CCCCN1CCCNC(=O)c1ccc2cn(Cc3cccc(Cl)c3)c(O)c2c1. The predicted octanol–water partition coefficient (Wildman–Crippen LogP) is 6.21. The zero-order valence-electron chi connectivity index (χ0n) is 20.1. The van der Waals surface area contributed by atoms with Crippen molar-refractivity contribution in [1.82, 2.24) is 14.8 Å². The lowest BCUT2D eigenvalue weighted by Gasteiger charge is -2.36. The number of hydrogen-bond donors (Lipinski definition) is 2. The van der Waals surface area contributed by atoms with Crippen LogP contribution in [0.15, 0.2) is 48.7 Å². The van der Waals surface area contributed by atoms with Gasteiger partial charge in [0.2, 0.25) is 0 Å². The molecule has 1 fully saturated rings. The second kappa shape index (κ2) is 11.8. The third kappa shape index (κ3) is 6.13. The molecule has 4 rings (SSSR count). The second-order valence-corrected chi connectivity index (χ2v) is 9.89. The van der Waals surface area contributed by atoms with E-state index in [0.717, 1.165) is 23.9 Å². The first-order valence-electron chi connectivity index (χ1n) is 12.6. The molecular weight excluding hydrogens is 446 g/mol. The summed E-state index contributed by atoms with van der Waals surface area (Å²) in [5, 5.41) is 16.1. The Labute approximate surface area is 207 Å². The molecule has 0 bridgehead atoms. The molecule has 3 aromatic rings. The lowest BCUT2D eigenvalue weighted by molar-refractivity contribution is 0.0947. The van der Waals surface area contributed by atoms with Crippen molar-refractivity contribution in [2.24, 2.45) is 0 Å². The molecule has 0 spiro atoms. The molecule has 2 aromatic carbocycles. The van der Waals surface area contributed by atoms with Gasteiger partial charge in [-0.05, 0) is 62.1 Å². The molecule has 2 N–H and O–H groups in total. The zero-order chi connectivity index (χ0) is 23.9. The van der Waals surface area contributed by atoms with Crippen LogP contribution in [-0.4, -0.2) is 46.2 Å². The molecule has 1 saturated heterocycles. The van der Waals surface area contributed by atoms with E-state index in [1.807, 2.05) is 42.6 Å². The Hall–Kier alpha value is -2.50. The number of aromatic hydroxyl groups is 1. The number of piperidine rings is 1. The molecule has 1 aliphatic rings. The molecule has 1 unspecified atom stereocenters. The maximum absolute atomic E-state index is 12.8. The van der Waals surface area contributed by atoms with E-state index in [0.29, 0.717) is 35.1 Å². The number of hydrogen-bond acceptors (Lipinski definition) is 3. The van der Waals surface area contributed by atoms with E-state index in [1.54, 1.807) is 10.6 Å². The largest absolute Gasteiger partial charge is 0.494 e. The van der Waals surface area contributed by atoms with Gasteiger partial charge >= 0.3 is 0 Å². The molecule has 6 heteroatoms. The number of nitrogens with one attached hydrogen (secondary N) is 1. The van der Waals surface area contributed by atoms with Crippen LogP contribution in [0.25, 0.3) is 10.8 Å². The lowest BCUT2D eigenvalue weighted by Crippen LogP contribution is -2.41. The maximum atomic E-state index is 12.8. The van der Waals surface area contributed by atoms with Crippen LogP contribution in [0.4, 0.5) is 0 Å². The van der Waals surface area contributed by atoms with E-state index < -0.39 is 0 Å². The van der Waals surface area contributed by atoms with E-state index in [4.69, 9.17) is 11.6 Å². The van der Waals surface area contributed by atoms with Gasteiger partial charge in [0.1, 0.15) is 0 Å². The minimum atomic E-state index is -0.0925. The lowest BCUT2D eigenvalue weighted by atomic mass is 9.97. The summed E-state index contributed by atoms with van der Waals surface area (Å²) < 4.78 is 1.78. The number of rotatable bonds is 10. The molecule has 34 heavy (non-hydrogen) atoms. The monoisotopic (exact) mass is 481 g/mol. The summed E-state index contributed by atoms with van der Waals surface area (Å²) in [6.45, 7) is 5.66. The number of halogens is 1. The van der Waals surface area contributed by atoms with E-state index in [9.17, 15) is 9.90 Å². The Bertz CT molecular complexity index is 1110. The number of aromatic nitrogens is 1. The summed E-state index contributed by atoms with van der Waals surface area (Å²) in [4.78, 5) is 15.4. The third-order valence-corrected chi connectivity index (χ3v) is 7.15. The Morgan fingerprint density at radius 3 is 2.88 bits per heavy atom. The number of carbonyl (C=O) groups excluding carboxylic acids is 1. The van der Waals surface area contributed by atoms with Gasteiger partial charge in [0.15, 0.2) is 5.88 Å². The van der Waals surface area contributed by atoms with E-state index in [1.165, 1.54) is 45.1 Å². The van der Waals surface area contributed by atoms with Crippen molar-refractivity contribution >= 4 is 28.3 Å². The summed E-state index contributed by atoms with van der Waals surface area (Å²) in [7, 11) is 0. The maximum Gasteiger partial charge on any atom is 0.251 e. The molecule has 0 saturated carbocycles. The molecule has 0 radical (unpaired) electrons. The molecule has 1 amide bonds. The summed E-state index contributed by atoms with van der Waals surface area (Å²) in [6, 6.07) is 13.8. The topological polar surface area (TPSA) is 57.5 Å². The van der Waals surface area contributed by atoms with Crippen molar-refractivity contribution in [2.45, 2.75) is 64.5 Å². The number of benzene rings is 2. The quantitative estimate of drug-likeness (QED) is 0.338. The van der Waals surface area contributed by atoms with Crippen LogP contribution in [0.1, 0.15) is 67.8 Å². The highest BCUT2D eigenvalue weighted by Crippen LogP contribution is 2.29. The van der Waals surface area contributed by atoms with Crippen LogP contribution in [0.5, 0.6) is 5.88 Å². The molecule has 0 aliphatic carbocycles. The van der Waals surface area contributed by atoms with Gasteiger partial charge in [0.25, 0.3) is 5.91 Å². The van der Waals surface area contributed by atoms with Crippen LogP contribution in [0, 0.1) is 0 Å². The molecule has 1 atom stereocenters. The first-order valence-corrected chi connectivity index (χ1v) is 13.0. The fourth-order valence-corrected chi connectivity index (χ4v) is 5.26. The van der Waals surface area contributed by atoms with Crippen molar-refractivity contribution in [3.8, 4) is 5.88 Å². The Kier molecular flexibility index (Phi) is 8.52. The number of unbranched alkanes of at least 4 members (excludes halogenated alkanes) is 1. The second-order valence-electron chi connectivity index (χ2n) is 9.45. The number of amides is 1. The minimum absolute atomic E-state index is 0.0925. The van der Waals surface area contributed by atoms with Gasteiger partial charge in [0, 0.05) is 46.7 Å². The molecular formula is C28H36ClN3O2. The van der Waals surface area contributed by atoms with Crippen molar-refractivity contribution in [3.05, 3.63) is 64.8 Å². The summed E-state index contributed by atoms with van der Waals surface area (Å²) in [6.07, 6.45) is 10.7. The highest BCUT2D eigenvalue weighted by Gasteiger charge is 2.21. The van der Waals surface area contributed by atoms with Gasteiger partial charge in [-0.2, -0.15) is 0 Å². The standard InChI is InChI=1S/C28H36ClN3O2/c1-2-3-10-25-11-4-5-15-31(25)16-7-14-30-27(33)22-12-13-23-20-32(28(34)26(23)18-22)19-21-8-6-9-24(29)17-21/h6,8-9,12-13,17-18,20,25,34H,2-5,7,10-11,14-16,19H2,1H3,(H,30,33). The van der Waals surface area contributed by atoms with Crippen molar-refractivity contribution < 1.29 is 9.90 Å². The molecule has 5 nitrogen and oxygen atoms in total. The van der Waals surface area contributed by atoms with Gasteiger partial charge < -0.3 is 19.9 Å². The van der Waals surface area contributed by atoms with Gasteiger partial charge in [-0.3, -0.25) is 4.79 Å². The first kappa shape index (κ1) is 24.6. The van der Waals surface area contributed by atoms with Crippen LogP contribution in [0.2, 0.25) is 5.02 Å². The van der Waals surface area contributed by atoms with Crippen LogP contribution in [-0.2, 0) is 6.54 Å². The molecule has 1 aromatic heterocycles. The third-order valence-electron chi connectivity index (χ3n) is 6.91. The molecule has 2 heterocycles. The van der Waals surface area contributed by atoms with E-state index in [2.05, 4.69) is 17.1 Å². The van der Waals surface area contributed by atoms with Crippen molar-refractivity contribution in [2.75, 3.05) is 19.6 Å². The highest BCUT2D eigenvalue weighted by atomic mass is 35.5. The fourth-order valence-electron chi connectivity index (χ4n) is 5.05.